The van der Waals surface area contributed by atoms with Crippen molar-refractivity contribution in [3.05, 3.63) is 63.4 Å². The summed E-state index contributed by atoms with van der Waals surface area (Å²) in [6, 6.07) is 8.18. The van der Waals surface area contributed by atoms with E-state index >= 15 is 0 Å². The van der Waals surface area contributed by atoms with Gasteiger partial charge in [-0.05, 0) is 30.4 Å². The maximum Gasteiger partial charge on any atom is 0.471 e. The standard InChI is InChI=1S/C17H13F3N4O2/c18-17(19,20)16-21-15(23-26-16)11-6-4-10(5-7-11)9-24-14(25)8-12-2-1-3-13(12)22-24/h4-8H,1-3,9H2. The molecule has 0 atom stereocenters. The van der Waals surface area contributed by atoms with E-state index in [2.05, 4.69) is 19.8 Å². The van der Waals surface area contributed by atoms with Crippen molar-refractivity contribution in [1.29, 1.82) is 0 Å². The molecule has 0 amide bonds. The summed E-state index contributed by atoms with van der Waals surface area (Å²) in [7, 11) is 0. The van der Waals surface area contributed by atoms with Crippen molar-refractivity contribution in [1.82, 2.24) is 19.9 Å². The third-order valence-corrected chi connectivity index (χ3v) is 4.24. The second kappa shape index (κ2) is 6.08. The van der Waals surface area contributed by atoms with Crippen LogP contribution in [0.5, 0.6) is 0 Å². The molecule has 0 spiro atoms. The van der Waals surface area contributed by atoms with Gasteiger partial charge in [0.25, 0.3) is 5.56 Å². The number of hydrogen-bond donors (Lipinski definition) is 0. The SMILES string of the molecule is O=c1cc2c(nn1Cc1ccc(-c3noc(C(F)(F)F)n3)cc1)CCC2. The van der Waals surface area contributed by atoms with Crippen LogP contribution in [0.4, 0.5) is 13.2 Å². The molecular formula is C17H13F3N4O2. The van der Waals surface area contributed by atoms with Gasteiger partial charge in [0.2, 0.25) is 5.82 Å². The molecule has 0 saturated carbocycles. The fourth-order valence-corrected chi connectivity index (χ4v) is 2.94. The van der Waals surface area contributed by atoms with Gasteiger partial charge in [0.1, 0.15) is 0 Å². The van der Waals surface area contributed by atoms with Crippen LogP contribution in [-0.4, -0.2) is 19.9 Å². The van der Waals surface area contributed by atoms with Crippen LogP contribution in [0, 0.1) is 0 Å². The fraction of sp³-hybridized carbons (Fsp3) is 0.294. The van der Waals surface area contributed by atoms with Gasteiger partial charge in [0.05, 0.1) is 12.2 Å². The van der Waals surface area contributed by atoms with Crippen molar-refractivity contribution in [2.24, 2.45) is 0 Å². The van der Waals surface area contributed by atoms with E-state index in [1.807, 2.05) is 0 Å². The highest BCUT2D eigenvalue weighted by molar-refractivity contribution is 5.54. The van der Waals surface area contributed by atoms with Gasteiger partial charge in [0.15, 0.2) is 0 Å². The van der Waals surface area contributed by atoms with Crippen molar-refractivity contribution in [3.63, 3.8) is 0 Å². The zero-order chi connectivity index (χ0) is 18.3. The topological polar surface area (TPSA) is 73.8 Å². The Morgan fingerprint density at radius 3 is 2.62 bits per heavy atom. The molecule has 0 radical (unpaired) electrons. The summed E-state index contributed by atoms with van der Waals surface area (Å²) >= 11 is 0. The van der Waals surface area contributed by atoms with E-state index in [0.29, 0.717) is 5.56 Å². The fourth-order valence-electron chi connectivity index (χ4n) is 2.94. The minimum atomic E-state index is -4.68. The van der Waals surface area contributed by atoms with E-state index in [1.54, 1.807) is 30.3 Å². The highest BCUT2D eigenvalue weighted by atomic mass is 19.4. The largest absolute Gasteiger partial charge is 0.471 e. The molecule has 6 nitrogen and oxygen atoms in total. The van der Waals surface area contributed by atoms with Gasteiger partial charge in [0, 0.05) is 11.6 Å². The second-order valence-corrected chi connectivity index (χ2v) is 6.08. The Balaban J connectivity index is 1.55. The van der Waals surface area contributed by atoms with Gasteiger partial charge in [-0.25, -0.2) is 4.68 Å². The van der Waals surface area contributed by atoms with Crippen LogP contribution in [0.3, 0.4) is 0 Å². The monoisotopic (exact) mass is 362 g/mol. The minimum absolute atomic E-state index is 0.142. The van der Waals surface area contributed by atoms with Crippen molar-refractivity contribution >= 4 is 0 Å². The van der Waals surface area contributed by atoms with Crippen LogP contribution in [0.1, 0.15) is 29.1 Å². The van der Waals surface area contributed by atoms with E-state index in [-0.39, 0.29) is 17.9 Å². The zero-order valence-electron chi connectivity index (χ0n) is 13.5. The molecule has 1 aliphatic carbocycles. The van der Waals surface area contributed by atoms with Crippen molar-refractivity contribution in [2.75, 3.05) is 0 Å². The van der Waals surface area contributed by atoms with Gasteiger partial charge in [-0.1, -0.05) is 29.4 Å². The van der Waals surface area contributed by atoms with Gasteiger partial charge < -0.3 is 4.52 Å². The molecule has 26 heavy (non-hydrogen) atoms. The molecule has 0 aliphatic heterocycles. The number of alkyl halides is 3. The molecule has 134 valence electrons. The minimum Gasteiger partial charge on any atom is -0.329 e. The number of rotatable bonds is 3. The average molecular weight is 362 g/mol. The van der Waals surface area contributed by atoms with Crippen molar-refractivity contribution in [2.45, 2.75) is 32.0 Å². The number of benzene rings is 1. The van der Waals surface area contributed by atoms with Crippen LogP contribution in [0.25, 0.3) is 11.4 Å². The molecule has 4 rings (SSSR count). The van der Waals surface area contributed by atoms with E-state index in [4.69, 9.17) is 0 Å². The quantitative estimate of drug-likeness (QED) is 0.716. The first-order chi connectivity index (χ1) is 12.4. The number of nitrogens with zero attached hydrogens (tertiary/aromatic N) is 4. The van der Waals surface area contributed by atoms with Crippen LogP contribution in [0.15, 0.2) is 39.6 Å². The summed E-state index contributed by atoms with van der Waals surface area (Å²) in [5, 5.41) is 7.74. The predicted molar refractivity (Wildman–Crippen MR) is 84.4 cm³/mol. The van der Waals surface area contributed by atoms with E-state index in [1.165, 1.54) is 4.68 Å². The maximum absolute atomic E-state index is 12.5. The average Bonchev–Trinajstić information content (AvgIpc) is 3.24. The van der Waals surface area contributed by atoms with Gasteiger partial charge in [-0.3, -0.25) is 4.79 Å². The Kier molecular flexibility index (Phi) is 3.86. The maximum atomic E-state index is 12.5. The molecule has 0 fully saturated rings. The number of halogens is 3. The van der Waals surface area contributed by atoms with Crippen LogP contribution in [0.2, 0.25) is 0 Å². The molecule has 1 aliphatic rings. The van der Waals surface area contributed by atoms with E-state index in [9.17, 15) is 18.0 Å². The number of hydrogen-bond acceptors (Lipinski definition) is 5. The number of fused-ring (bicyclic) bond motifs is 1. The zero-order valence-corrected chi connectivity index (χ0v) is 13.5. The summed E-state index contributed by atoms with van der Waals surface area (Å²) in [6.45, 7) is 0.284. The lowest BCUT2D eigenvalue weighted by atomic mass is 10.1. The second-order valence-electron chi connectivity index (χ2n) is 6.08. The third-order valence-electron chi connectivity index (χ3n) is 4.24. The Bertz CT molecular complexity index is 1010. The molecule has 2 heterocycles. The summed E-state index contributed by atoms with van der Waals surface area (Å²) in [5.41, 5.74) is 2.98. The van der Waals surface area contributed by atoms with Crippen LogP contribution in [-0.2, 0) is 25.6 Å². The summed E-state index contributed by atoms with van der Waals surface area (Å²) in [5.74, 6) is -1.53. The predicted octanol–water partition coefficient (Wildman–Crippen LogP) is 2.85. The molecule has 0 bridgehead atoms. The van der Waals surface area contributed by atoms with E-state index in [0.717, 1.165) is 36.1 Å². The highest BCUT2D eigenvalue weighted by Gasteiger charge is 2.38. The Labute approximate surface area is 145 Å². The van der Waals surface area contributed by atoms with Gasteiger partial charge >= 0.3 is 12.1 Å². The number of aryl methyl sites for hydroxylation is 2. The Morgan fingerprint density at radius 2 is 1.92 bits per heavy atom. The van der Waals surface area contributed by atoms with Crippen LogP contribution < -0.4 is 5.56 Å². The lowest BCUT2D eigenvalue weighted by Gasteiger charge is -2.07. The molecular weight excluding hydrogens is 349 g/mol. The molecule has 3 aromatic rings. The number of aromatic nitrogens is 4. The first-order valence-corrected chi connectivity index (χ1v) is 8.00. The first kappa shape index (κ1) is 16.5. The molecule has 0 saturated heterocycles. The van der Waals surface area contributed by atoms with Crippen LogP contribution >= 0.6 is 0 Å². The molecule has 0 unspecified atom stereocenters. The smallest absolute Gasteiger partial charge is 0.329 e. The summed E-state index contributed by atoms with van der Waals surface area (Å²) in [4.78, 5) is 15.5. The lowest BCUT2D eigenvalue weighted by molar-refractivity contribution is -0.159. The van der Waals surface area contributed by atoms with Crippen molar-refractivity contribution < 1.29 is 17.7 Å². The molecule has 2 aromatic heterocycles. The van der Waals surface area contributed by atoms with Crippen molar-refractivity contribution in [3.8, 4) is 11.4 Å². The van der Waals surface area contributed by atoms with E-state index < -0.39 is 12.1 Å². The summed E-state index contributed by atoms with van der Waals surface area (Å²) in [6.07, 6.45) is -1.91. The summed E-state index contributed by atoms with van der Waals surface area (Å²) < 4.78 is 43.2. The van der Waals surface area contributed by atoms with Gasteiger partial charge in [-0.2, -0.15) is 23.3 Å². The lowest BCUT2D eigenvalue weighted by Crippen LogP contribution is -2.24. The Hall–Kier alpha value is -2.97. The highest BCUT2D eigenvalue weighted by Crippen LogP contribution is 2.29. The first-order valence-electron chi connectivity index (χ1n) is 8.00. The third kappa shape index (κ3) is 3.12. The van der Waals surface area contributed by atoms with Gasteiger partial charge in [-0.15, -0.1) is 0 Å². The normalized spacial score (nSPS) is 13.8. The Morgan fingerprint density at radius 1 is 1.15 bits per heavy atom. The molecule has 1 aromatic carbocycles. The molecule has 0 N–H and O–H groups in total. The molecule has 9 heteroatoms.